The van der Waals surface area contributed by atoms with Gasteiger partial charge in [0, 0.05) is 0 Å². The Bertz CT molecular complexity index is 747. The summed E-state index contributed by atoms with van der Waals surface area (Å²) in [6, 6.07) is 9.68. The van der Waals surface area contributed by atoms with Gasteiger partial charge in [-0.1, -0.05) is 25.1 Å². The molecule has 2 aromatic carbocycles. The zero-order valence-corrected chi connectivity index (χ0v) is 13.3. The molecule has 2 aromatic rings. The van der Waals surface area contributed by atoms with Gasteiger partial charge in [-0.2, -0.15) is 0 Å². The highest BCUT2D eigenvalue weighted by molar-refractivity contribution is 5.96. The van der Waals surface area contributed by atoms with Gasteiger partial charge in [0.05, 0.1) is 12.2 Å². The molecule has 0 unspecified atom stereocenters. The Balaban J connectivity index is 2.44. The molecule has 25 heavy (non-hydrogen) atoms. The first-order valence-electron chi connectivity index (χ1n) is 7.40. The van der Waals surface area contributed by atoms with Crippen molar-refractivity contribution in [2.24, 2.45) is 5.73 Å². The van der Waals surface area contributed by atoms with Crippen LogP contribution in [0.2, 0.25) is 0 Å². The van der Waals surface area contributed by atoms with E-state index in [4.69, 9.17) is 15.2 Å². The molecule has 1 amide bonds. The largest absolute Gasteiger partial charge is 0.573 e. The van der Waals surface area contributed by atoms with Crippen LogP contribution >= 0.6 is 0 Å². The molecule has 5 nitrogen and oxygen atoms in total. The summed E-state index contributed by atoms with van der Waals surface area (Å²) in [4.78, 5) is 11.6. The third-order valence-corrected chi connectivity index (χ3v) is 2.99. The van der Waals surface area contributed by atoms with Gasteiger partial charge in [-0.3, -0.25) is 4.79 Å². The molecule has 0 aliphatic rings. The highest BCUT2D eigenvalue weighted by Crippen LogP contribution is 2.40. The number of alkyl halides is 3. The fourth-order valence-electron chi connectivity index (χ4n) is 1.99. The second kappa shape index (κ2) is 7.78. The number of ether oxygens (including phenoxy) is 3. The highest BCUT2D eigenvalue weighted by atomic mass is 19.4. The van der Waals surface area contributed by atoms with Crippen molar-refractivity contribution < 1.29 is 32.2 Å². The third kappa shape index (κ3) is 5.03. The average molecular weight is 355 g/mol. The predicted octanol–water partition coefficient (Wildman–Crippen LogP) is 4.27. The van der Waals surface area contributed by atoms with Crippen LogP contribution in [0.25, 0.3) is 0 Å². The van der Waals surface area contributed by atoms with Gasteiger partial charge in [0.25, 0.3) is 5.91 Å². The lowest BCUT2D eigenvalue weighted by molar-refractivity contribution is -0.275. The molecule has 0 saturated carbocycles. The van der Waals surface area contributed by atoms with Crippen LogP contribution in [0.3, 0.4) is 0 Å². The van der Waals surface area contributed by atoms with Gasteiger partial charge in [0.15, 0.2) is 23.0 Å². The van der Waals surface area contributed by atoms with Crippen molar-refractivity contribution in [3.8, 4) is 23.0 Å². The summed E-state index contributed by atoms with van der Waals surface area (Å²) < 4.78 is 52.6. The molecular formula is C17H16F3NO4. The van der Waals surface area contributed by atoms with Crippen molar-refractivity contribution in [2.75, 3.05) is 6.61 Å². The molecule has 0 aliphatic heterocycles. The number of carbonyl (C=O) groups is 1. The minimum atomic E-state index is -4.88. The van der Waals surface area contributed by atoms with E-state index in [1.54, 1.807) is 0 Å². The van der Waals surface area contributed by atoms with Crippen molar-refractivity contribution in [3.63, 3.8) is 0 Å². The van der Waals surface area contributed by atoms with Crippen molar-refractivity contribution in [2.45, 2.75) is 19.7 Å². The third-order valence-electron chi connectivity index (χ3n) is 2.99. The maximum atomic E-state index is 12.5. The lowest BCUT2D eigenvalue weighted by Crippen LogP contribution is -2.18. The van der Waals surface area contributed by atoms with Crippen LogP contribution < -0.4 is 19.9 Å². The average Bonchev–Trinajstić information content (AvgIpc) is 2.54. The Morgan fingerprint density at radius 2 is 1.68 bits per heavy atom. The summed E-state index contributed by atoms with van der Waals surface area (Å²) in [7, 11) is 0. The zero-order chi connectivity index (χ0) is 18.4. The van der Waals surface area contributed by atoms with Gasteiger partial charge >= 0.3 is 6.36 Å². The number of halogens is 3. The summed E-state index contributed by atoms with van der Waals surface area (Å²) in [5.74, 6) is -1.45. The first kappa shape index (κ1) is 18.4. The van der Waals surface area contributed by atoms with E-state index in [-0.39, 0.29) is 22.8 Å². The van der Waals surface area contributed by atoms with Gasteiger partial charge < -0.3 is 19.9 Å². The standard InChI is InChI=1S/C17H16F3NO4/c1-2-10-23-14-9-5-6-11(16(21)22)15(14)24-12-7-3-4-8-13(12)25-17(18,19)20/h3-9H,2,10H2,1H3,(H2,21,22). The number of para-hydroxylation sites is 3. The van der Waals surface area contributed by atoms with Crippen LogP contribution in [-0.4, -0.2) is 18.9 Å². The van der Waals surface area contributed by atoms with Crippen LogP contribution in [0.15, 0.2) is 42.5 Å². The monoisotopic (exact) mass is 355 g/mol. The maximum absolute atomic E-state index is 12.5. The molecule has 0 saturated heterocycles. The summed E-state index contributed by atoms with van der Waals surface area (Å²) in [6.07, 6.45) is -4.20. The van der Waals surface area contributed by atoms with Crippen molar-refractivity contribution in [3.05, 3.63) is 48.0 Å². The molecule has 0 aliphatic carbocycles. The van der Waals surface area contributed by atoms with E-state index < -0.39 is 18.0 Å². The second-order valence-electron chi connectivity index (χ2n) is 4.94. The first-order chi connectivity index (χ1) is 11.8. The van der Waals surface area contributed by atoms with Gasteiger partial charge in [0.2, 0.25) is 0 Å². The van der Waals surface area contributed by atoms with Crippen LogP contribution in [0.1, 0.15) is 23.7 Å². The Morgan fingerprint density at radius 3 is 2.28 bits per heavy atom. The lowest BCUT2D eigenvalue weighted by Gasteiger charge is -2.17. The van der Waals surface area contributed by atoms with Crippen molar-refractivity contribution >= 4 is 5.91 Å². The van der Waals surface area contributed by atoms with Crippen molar-refractivity contribution in [1.82, 2.24) is 0 Å². The summed E-state index contributed by atoms with van der Waals surface area (Å²) >= 11 is 0. The van der Waals surface area contributed by atoms with Crippen molar-refractivity contribution in [1.29, 1.82) is 0 Å². The Kier molecular flexibility index (Phi) is 5.74. The fraction of sp³-hybridized carbons (Fsp3) is 0.235. The van der Waals surface area contributed by atoms with E-state index in [2.05, 4.69) is 4.74 Å². The lowest BCUT2D eigenvalue weighted by atomic mass is 10.1. The number of rotatable bonds is 7. The van der Waals surface area contributed by atoms with Gasteiger partial charge in [-0.25, -0.2) is 0 Å². The number of carbonyl (C=O) groups excluding carboxylic acids is 1. The number of hydrogen-bond acceptors (Lipinski definition) is 4. The molecule has 134 valence electrons. The number of benzene rings is 2. The first-order valence-corrected chi connectivity index (χ1v) is 7.40. The minimum absolute atomic E-state index is 0.0181. The van der Waals surface area contributed by atoms with Gasteiger partial charge in [-0.15, -0.1) is 13.2 Å². The highest BCUT2D eigenvalue weighted by Gasteiger charge is 2.32. The molecule has 0 bridgehead atoms. The molecular weight excluding hydrogens is 339 g/mol. The van der Waals surface area contributed by atoms with E-state index in [0.29, 0.717) is 13.0 Å². The molecule has 0 fully saturated rings. The molecule has 0 atom stereocenters. The number of primary amides is 1. The van der Waals surface area contributed by atoms with Gasteiger partial charge in [-0.05, 0) is 30.7 Å². The second-order valence-corrected chi connectivity index (χ2v) is 4.94. The van der Waals surface area contributed by atoms with E-state index in [9.17, 15) is 18.0 Å². The molecule has 0 heterocycles. The molecule has 2 rings (SSSR count). The smallest absolute Gasteiger partial charge is 0.490 e. The predicted molar refractivity (Wildman–Crippen MR) is 83.9 cm³/mol. The molecule has 0 radical (unpaired) electrons. The maximum Gasteiger partial charge on any atom is 0.573 e. The van der Waals surface area contributed by atoms with E-state index in [1.807, 2.05) is 6.92 Å². The van der Waals surface area contributed by atoms with E-state index in [1.165, 1.54) is 36.4 Å². The topological polar surface area (TPSA) is 70.8 Å². The van der Waals surface area contributed by atoms with Crippen LogP contribution in [0.5, 0.6) is 23.0 Å². The minimum Gasteiger partial charge on any atom is -0.490 e. The van der Waals surface area contributed by atoms with Crippen LogP contribution in [0.4, 0.5) is 13.2 Å². The Labute approximate surface area is 142 Å². The zero-order valence-electron chi connectivity index (χ0n) is 13.3. The van der Waals surface area contributed by atoms with E-state index in [0.717, 1.165) is 6.07 Å². The molecule has 0 spiro atoms. The quantitative estimate of drug-likeness (QED) is 0.805. The molecule has 2 N–H and O–H groups in total. The Hall–Kier alpha value is -2.90. The van der Waals surface area contributed by atoms with Crippen LogP contribution in [0, 0.1) is 0 Å². The van der Waals surface area contributed by atoms with Crippen LogP contribution in [-0.2, 0) is 0 Å². The number of hydrogen-bond donors (Lipinski definition) is 1. The number of amides is 1. The molecule has 0 aromatic heterocycles. The normalized spacial score (nSPS) is 11.0. The summed E-state index contributed by atoms with van der Waals surface area (Å²) in [5, 5.41) is 0. The summed E-state index contributed by atoms with van der Waals surface area (Å²) in [5.41, 5.74) is 5.30. The van der Waals surface area contributed by atoms with Gasteiger partial charge in [0.1, 0.15) is 0 Å². The number of nitrogens with two attached hydrogens (primary N) is 1. The SMILES string of the molecule is CCCOc1cccc(C(N)=O)c1Oc1ccccc1OC(F)(F)F. The molecule has 8 heteroatoms. The van der Waals surface area contributed by atoms with E-state index >= 15 is 0 Å². The fourth-order valence-corrected chi connectivity index (χ4v) is 1.99. The summed E-state index contributed by atoms with van der Waals surface area (Å²) in [6.45, 7) is 2.21. The Morgan fingerprint density at radius 1 is 1.04 bits per heavy atom.